The first-order valence-electron chi connectivity index (χ1n) is 6.99. The van der Waals surface area contributed by atoms with Gasteiger partial charge < -0.3 is 10.0 Å². The van der Waals surface area contributed by atoms with Gasteiger partial charge in [0.15, 0.2) is 0 Å². The van der Waals surface area contributed by atoms with Gasteiger partial charge in [0.2, 0.25) is 0 Å². The molecule has 0 saturated carbocycles. The summed E-state index contributed by atoms with van der Waals surface area (Å²) in [4.78, 5) is 2.39. The fourth-order valence-electron chi connectivity index (χ4n) is 2.92. The first-order chi connectivity index (χ1) is 8.44. The van der Waals surface area contributed by atoms with Crippen LogP contribution in [-0.2, 0) is 0 Å². The quantitative estimate of drug-likeness (QED) is 0.864. The molecule has 2 heteroatoms. The van der Waals surface area contributed by atoms with Gasteiger partial charge in [-0.05, 0) is 44.2 Å². The Morgan fingerprint density at radius 1 is 1.28 bits per heavy atom. The molecule has 0 spiro atoms. The smallest absolute Gasteiger partial charge is 0.0767 e. The van der Waals surface area contributed by atoms with E-state index in [0.29, 0.717) is 5.92 Å². The molecule has 1 aliphatic heterocycles. The van der Waals surface area contributed by atoms with Crippen LogP contribution in [0.15, 0.2) is 24.3 Å². The summed E-state index contributed by atoms with van der Waals surface area (Å²) in [5.74, 6) is 0.510. The van der Waals surface area contributed by atoms with Gasteiger partial charge in [0, 0.05) is 12.2 Å². The molecule has 1 unspecified atom stereocenters. The van der Waals surface area contributed by atoms with Gasteiger partial charge in [-0.15, -0.1) is 0 Å². The molecular formula is C16H25NO. The Bertz CT molecular complexity index is 411. The monoisotopic (exact) mass is 247 g/mol. The van der Waals surface area contributed by atoms with Crippen molar-refractivity contribution >= 4 is 5.69 Å². The van der Waals surface area contributed by atoms with Gasteiger partial charge in [-0.1, -0.05) is 32.0 Å². The minimum absolute atomic E-state index is 0.177. The number of para-hydroxylation sites is 1. The molecule has 2 nitrogen and oxygen atoms in total. The molecule has 1 heterocycles. The molecule has 1 aromatic carbocycles. The molecule has 1 saturated heterocycles. The predicted molar refractivity (Wildman–Crippen MR) is 77.2 cm³/mol. The van der Waals surface area contributed by atoms with Crippen LogP contribution in [0, 0.1) is 0 Å². The summed E-state index contributed by atoms with van der Waals surface area (Å²) in [5, 5.41) is 10.3. The van der Waals surface area contributed by atoms with Gasteiger partial charge in [-0.3, -0.25) is 0 Å². The van der Waals surface area contributed by atoms with E-state index in [2.05, 4.69) is 56.9 Å². The zero-order chi connectivity index (χ0) is 13.3. The molecule has 1 fully saturated rings. The number of hydrogen-bond donors (Lipinski definition) is 1. The maximum Gasteiger partial charge on any atom is 0.0767 e. The Hall–Kier alpha value is -1.02. The van der Waals surface area contributed by atoms with E-state index < -0.39 is 0 Å². The molecule has 0 radical (unpaired) electrons. The summed E-state index contributed by atoms with van der Waals surface area (Å²) in [7, 11) is 0. The van der Waals surface area contributed by atoms with Crippen molar-refractivity contribution < 1.29 is 5.11 Å². The van der Waals surface area contributed by atoms with Crippen LogP contribution >= 0.6 is 0 Å². The van der Waals surface area contributed by atoms with Gasteiger partial charge in [-0.25, -0.2) is 0 Å². The summed E-state index contributed by atoms with van der Waals surface area (Å²) < 4.78 is 0. The van der Waals surface area contributed by atoms with Crippen molar-refractivity contribution in [2.75, 3.05) is 11.4 Å². The summed E-state index contributed by atoms with van der Waals surface area (Å²) in [6.45, 7) is 9.79. The highest BCUT2D eigenvalue weighted by molar-refractivity contribution is 5.57. The minimum Gasteiger partial charge on any atom is -0.391 e. The highest BCUT2D eigenvalue weighted by Crippen LogP contribution is 2.36. The molecule has 1 aromatic rings. The largest absolute Gasteiger partial charge is 0.391 e. The van der Waals surface area contributed by atoms with Gasteiger partial charge in [0.1, 0.15) is 0 Å². The second-order valence-corrected chi connectivity index (χ2v) is 6.18. The van der Waals surface area contributed by atoms with E-state index in [1.54, 1.807) is 0 Å². The van der Waals surface area contributed by atoms with Crippen LogP contribution < -0.4 is 4.90 Å². The number of nitrogens with zero attached hydrogens (tertiary/aromatic N) is 1. The second kappa shape index (κ2) is 4.93. The van der Waals surface area contributed by atoms with E-state index in [-0.39, 0.29) is 11.6 Å². The lowest BCUT2D eigenvalue weighted by molar-refractivity contribution is 0.0710. The summed E-state index contributed by atoms with van der Waals surface area (Å²) in [6.07, 6.45) is 1.73. The zero-order valence-corrected chi connectivity index (χ0v) is 12.0. The molecule has 0 bridgehead atoms. The van der Waals surface area contributed by atoms with Crippen molar-refractivity contribution in [3.8, 4) is 0 Å². The molecule has 2 rings (SSSR count). The Kier molecular flexibility index (Phi) is 3.67. The van der Waals surface area contributed by atoms with Crippen LogP contribution in [0.25, 0.3) is 0 Å². The van der Waals surface area contributed by atoms with Gasteiger partial charge in [-0.2, -0.15) is 0 Å². The summed E-state index contributed by atoms with van der Waals surface area (Å²) in [6, 6.07) is 8.59. The molecule has 0 aromatic heterocycles. The van der Waals surface area contributed by atoms with Crippen LogP contribution in [0.5, 0.6) is 0 Å². The normalized spacial score (nSPS) is 23.4. The van der Waals surface area contributed by atoms with Crippen molar-refractivity contribution in [1.82, 2.24) is 0 Å². The van der Waals surface area contributed by atoms with Crippen LogP contribution in [0.3, 0.4) is 0 Å². The highest BCUT2D eigenvalue weighted by atomic mass is 16.3. The van der Waals surface area contributed by atoms with Gasteiger partial charge in [0.05, 0.1) is 11.6 Å². The Morgan fingerprint density at radius 2 is 1.94 bits per heavy atom. The first-order valence-corrected chi connectivity index (χ1v) is 6.99. The van der Waals surface area contributed by atoms with Crippen molar-refractivity contribution in [2.24, 2.45) is 0 Å². The van der Waals surface area contributed by atoms with Crippen molar-refractivity contribution in [1.29, 1.82) is 0 Å². The standard InChI is InChI=1S/C16H25NO/c1-12(2)13-8-5-6-9-14(13)17-11-7-10-15(18)16(17,3)4/h5-6,8-9,12,15,18H,7,10-11H2,1-4H3. The first kappa shape index (κ1) is 13.4. The Morgan fingerprint density at radius 3 is 2.61 bits per heavy atom. The Labute approximate surface area is 111 Å². The average molecular weight is 247 g/mol. The van der Waals surface area contributed by atoms with Crippen molar-refractivity contribution in [3.05, 3.63) is 29.8 Å². The molecule has 1 atom stereocenters. The van der Waals surface area contributed by atoms with E-state index in [1.807, 2.05) is 0 Å². The third-order valence-electron chi connectivity index (χ3n) is 4.22. The van der Waals surface area contributed by atoms with E-state index in [9.17, 15) is 5.11 Å². The second-order valence-electron chi connectivity index (χ2n) is 6.18. The maximum absolute atomic E-state index is 10.3. The molecule has 1 aliphatic rings. The van der Waals surface area contributed by atoms with Crippen LogP contribution in [0.1, 0.15) is 52.0 Å². The van der Waals surface area contributed by atoms with E-state index in [0.717, 1.165) is 19.4 Å². The van der Waals surface area contributed by atoms with Gasteiger partial charge in [0.25, 0.3) is 0 Å². The molecule has 0 aliphatic carbocycles. The minimum atomic E-state index is -0.244. The lowest BCUT2D eigenvalue weighted by Crippen LogP contribution is -2.56. The van der Waals surface area contributed by atoms with Crippen LogP contribution in [-0.4, -0.2) is 23.3 Å². The molecule has 1 N–H and O–H groups in total. The third-order valence-corrected chi connectivity index (χ3v) is 4.22. The number of benzene rings is 1. The number of piperidine rings is 1. The van der Waals surface area contributed by atoms with E-state index in [4.69, 9.17) is 0 Å². The number of anilines is 1. The fraction of sp³-hybridized carbons (Fsp3) is 0.625. The molecular weight excluding hydrogens is 222 g/mol. The summed E-state index contributed by atoms with van der Waals surface area (Å²) in [5.41, 5.74) is 2.49. The lowest BCUT2D eigenvalue weighted by Gasteiger charge is -2.48. The van der Waals surface area contributed by atoms with Crippen LogP contribution in [0.2, 0.25) is 0 Å². The molecule has 18 heavy (non-hydrogen) atoms. The number of rotatable bonds is 2. The lowest BCUT2D eigenvalue weighted by atomic mass is 9.85. The van der Waals surface area contributed by atoms with E-state index in [1.165, 1.54) is 11.3 Å². The van der Waals surface area contributed by atoms with Crippen molar-refractivity contribution in [3.63, 3.8) is 0 Å². The predicted octanol–water partition coefficient (Wildman–Crippen LogP) is 3.55. The third kappa shape index (κ3) is 2.26. The topological polar surface area (TPSA) is 23.5 Å². The van der Waals surface area contributed by atoms with Crippen molar-refractivity contribution in [2.45, 2.75) is 58.1 Å². The molecule has 0 amide bonds. The number of hydrogen-bond acceptors (Lipinski definition) is 2. The molecule has 100 valence electrons. The average Bonchev–Trinajstić information content (AvgIpc) is 2.32. The number of aliphatic hydroxyl groups excluding tert-OH is 1. The summed E-state index contributed by atoms with van der Waals surface area (Å²) >= 11 is 0. The van der Waals surface area contributed by atoms with E-state index >= 15 is 0 Å². The number of aliphatic hydroxyl groups is 1. The Balaban J connectivity index is 2.41. The zero-order valence-electron chi connectivity index (χ0n) is 12.0. The SMILES string of the molecule is CC(C)c1ccccc1N1CCCC(O)C1(C)C. The maximum atomic E-state index is 10.3. The van der Waals surface area contributed by atoms with Gasteiger partial charge >= 0.3 is 0 Å². The highest BCUT2D eigenvalue weighted by Gasteiger charge is 2.38. The fourth-order valence-corrected chi connectivity index (χ4v) is 2.92. The van der Waals surface area contributed by atoms with Crippen LogP contribution in [0.4, 0.5) is 5.69 Å².